The smallest absolute Gasteiger partial charge is 0.328 e. The Kier molecular flexibility index (Phi) is 8.57. The average Bonchev–Trinajstić information content (AvgIpc) is 3.00. The van der Waals surface area contributed by atoms with Crippen molar-refractivity contribution in [3.63, 3.8) is 0 Å². The average molecular weight is 600 g/mol. The number of carbonyl (C=O) groups excluding carboxylic acids is 2. The maximum Gasteiger partial charge on any atom is 0.416 e. The Morgan fingerprint density at radius 3 is 2.27 bits per heavy atom. The maximum absolute atomic E-state index is 13.9. The zero-order valence-corrected chi connectivity index (χ0v) is 23.9. The number of amides is 2. The first-order valence-corrected chi connectivity index (χ1v) is 13.8. The van der Waals surface area contributed by atoms with Crippen LogP contribution in [0.4, 0.5) is 18.9 Å². The Morgan fingerprint density at radius 2 is 1.64 bits per heavy atom. The van der Waals surface area contributed by atoms with Gasteiger partial charge in [0.05, 0.1) is 34.6 Å². The maximum atomic E-state index is 13.9. The molecule has 0 aliphatic rings. The number of para-hydroxylation sites is 1. The number of carbonyl (C=O) groups is 2. The quantitative estimate of drug-likeness (QED) is 0.233. The Morgan fingerprint density at radius 1 is 0.932 bits per heavy atom. The fraction of sp³-hybridized carbons (Fsp3) is 0.182. The number of fused-ring (bicyclic) bond motifs is 1. The van der Waals surface area contributed by atoms with E-state index in [1.807, 2.05) is 0 Å². The molecule has 0 aliphatic heterocycles. The summed E-state index contributed by atoms with van der Waals surface area (Å²) < 4.78 is 40.8. The molecule has 8 nitrogen and oxygen atoms in total. The number of halogens is 3. The molecule has 2 aromatic heterocycles. The van der Waals surface area contributed by atoms with Gasteiger partial charge in [0.2, 0.25) is 11.8 Å². The Balaban J connectivity index is 1.59. The van der Waals surface area contributed by atoms with Crippen molar-refractivity contribution in [1.29, 1.82) is 0 Å². The Bertz CT molecular complexity index is 1860. The van der Waals surface area contributed by atoms with E-state index in [-0.39, 0.29) is 36.2 Å². The zero-order valence-electron chi connectivity index (χ0n) is 23.9. The van der Waals surface area contributed by atoms with Gasteiger partial charge in [0.1, 0.15) is 5.82 Å². The first kappa shape index (κ1) is 30.1. The summed E-state index contributed by atoms with van der Waals surface area (Å²) in [6.07, 6.45) is -1.44. The second-order valence-electron chi connectivity index (χ2n) is 10.3. The monoisotopic (exact) mass is 599 g/mol. The van der Waals surface area contributed by atoms with Crippen LogP contribution in [0, 0.1) is 0 Å². The van der Waals surface area contributed by atoms with Gasteiger partial charge in [-0.2, -0.15) is 13.2 Å². The number of alkyl halides is 3. The number of benzene rings is 3. The number of nitrogens with zero attached hydrogens (tertiary/aromatic N) is 4. The van der Waals surface area contributed by atoms with E-state index < -0.39 is 17.8 Å². The van der Waals surface area contributed by atoms with E-state index in [4.69, 9.17) is 4.98 Å². The van der Waals surface area contributed by atoms with Crippen molar-refractivity contribution in [2.24, 2.45) is 0 Å². The van der Waals surface area contributed by atoms with Crippen molar-refractivity contribution >= 4 is 28.4 Å². The van der Waals surface area contributed by atoms with E-state index >= 15 is 0 Å². The second kappa shape index (κ2) is 12.5. The largest absolute Gasteiger partial charge is 0.416 e. The molecule has 0 bridgehead atoms. The fourth-order valence-corrected chi connectivity index (χ4v) is 4.93. The molecule has 0 aliphatic carbocycles. The van der Waals surface area contributed by atoms with Crippen molar-refractivity contribution in [3.05, 3.63) is 130 Å². The molecule has 5 rings (SSSR count). The number of hydrogen-bond donors (Lipinski definition) is 1. The molecule has 224 valence electrons. The van der Waals surface area contributed by atoms with Crippen LogP contribution in [-0.2, 0) is 28.7 Å². The van der Waals surface area contributed by atoms with E-state index in [0.29, 0.717) is 27.8 Å². The lowest BCUT2D eigenvalue weighted by molar-refractivity contribution is -0.137. The molecule has 3 aromatic carbocycles. The minimum atomic E-state index is -4.49. The number of nitrogens with one attached hydrogen (secondary N) is 1. The number of aromatic nitrogens is 3. The van der Waals surface area contributed by atoms with Crippen LogP contribution < -0.4 is 10.9 Å². The molecule has 0 spiro atoms. The van der Waals surface area contributed by atoms with Crippen LogP contribution >= 0.6 is 0 Å². The third kappa shape index (κ3) is 6.67. The predicted octanol–water partition coefficient (Wildman–Crippen LogP) is 6.09. The standard InChI is InChI=1S/C33H28F3N5O3/c1-21(40(20-24-6-5-17-37-19-24)30(43)18-23-9-11-25(12-10-23)33(34,35)36)31-39-29-8-4-3-7-28(29)32(44)41(31)27-15-13-26(14-16-27)38-22(2)42/h3-17,19,21H,18,20H2,1-2H3,(H,38,42)/t21-/m1/s1. The van der Waals surface area contributed by atoms with Gasteiger partial charge in [-0.15, -0.1) is 0 Å². The van der Waals surface area contributed by atoms with Gasteiger partial charge in [-0.3, -0.25) is 23.9 Å². The fourth-order valence-electron chi connectivity index (χ4n) is 4.93. The molecular weight excluding hydrogens is 571 g/mol. The van der Waals surface area contributed by atoms with Gasteiger partial charge < -0.3 is 10.2 Å². The van der Waals surface area contributed by atoms with E-state index in [1.54, 1.807) is 80.0 Å². The summed E-state index contributed by atoms with van der Waals surface area (Å²) in [5.41, 5.74) is 1.44. The molecule has 0 saturated carbocycles. The van der Waals surface area contributed by atoms with Crippen molar-refractivity contribution in [1.82, 2.24) is 19.4 Å². The molecule has 1 N–H and O–H groups in total. The van der Waals surface area contributed by atoms with Crippen molar-refractivity contribution < 1.29 is 22.8 Å². The molecular formula is C33H28F3N5O3. The molecule has 2 amide bonds. The summed E-state index contributed by atoms with van der Waals surface area (Å²) in [4.78, 5) is 49.8. The summed E-state index contributed by atoms with van der Waals surface area (Å²) in [6.45, 7) is 3.25. The highest BCUT2D eigenvalue weighted by Gasteiger charge is 2.31. The Labute approximate surface area is 250 Å². The third-order valence-electron chi connectivity index (χ3n) is 7.12. The summed E-state index contributed by atoms with van der Waals surface area (Å²) >= 11 is 0. The normalized spacial score (nSPS) is 12.1. The number of pyridine rings is 1. The van der Waals surface area contributed by atoms with Gasteiger partial charge in [-0.05, 0) is 72.6 Å². The second-order valence-corrected chi connectivity index (χ2v) is 10.3. The summed E-state index contributed by atoms with van der Waals surface area (Å²) in [7, 11) is 0. The molecule has 2 heterocycles. The predicted molar refractivity (Wildman–Crippen MR) is 160 cm³/mol. The van der Waals surface area contributed by atoms with Crippen LogP contribution in [-0.4, -0.2) is 31.2 Å². The zero-order chi connectivity index (χ0) is 31.4. The van der Waals surface area contributed by atoms with Gasteiger partial charge in [0, 0.05) is 31.5 Å². The topological polar surface area (TPSA) is 97.2 Å². The van der Waals surface area contributed by atoms with Gasteiger partial charge in [-0.1, -0.05) is 30.3 Å². The molecule has 11 heteroatoms. The lowest BCUT2D eigenvalue weighted by Crippen LogP contribution is -2.38. The highest BCUT2D eigenvalue weighted by atomic mass is 19.4. The highest BCUT2D eigenvalue weighted by Crippen LogP contribution is 2.30. The van der Waals surface area contributed by atoms with E-state index in [9.17, 15) is 27.6 Å². The summed E-state index contributed by atoms with van der Waals surface area (Å²) in [5, 5.41) is 3.08. The molecule has 5 aromatic rings. The van der Waals surface area contributed by atoms with Crippen molar-refractivity contribution in [3.8, 4) is 5.69 Å². The number of hydrogen-bond acceptors (Lipinski definition) is 5. The number of rotatable bonds is 8. The van der Waals surface area contributed by atoms with Crippen molar-refractivity contribution in [2.45, 2.75) is 39.0 Å². The first-order valence-electron chi connectivity index (χ1n) is 13.8. The van der Waals surface area contributed by atoms with Crippen LogP contribution in [0.2, 0.25) is 0 Å². The highest BCUT2D eigenvalue weighted by molar-refractivity contribution is 5.88. The Hall–Kier alpha value is -5.32. The van der Waals surface area contributed by atoms with Crippen molar-refractivity contribution in [2.75, 3.05) is 5.32 Å². The molecule has 0 saturated heterocycles. The first-order chi connectivity index (χ1) is 21.0. The van der Waals surface area contributed by atoms with Crippen LogP contribution in [0.3, 0.4) is 0 Å². The molecule has 0 fully saturated rings. The summed E-state index contributed by atoms with van der Waals surface area (Å²) in [5.74, 6) is -0.337. The van der Waals surface area contributed by atoms with Crippen LogP contribution in [0.5, 0.6) is 0 Å². The van der Waals surface area contributed by atoms with Crippen LogP contribution in [0.15, 0.2) is 102 Å². The lowest BCUT2D eigenvalue weighted by Gasteiger charge is -2.31. The van der Waals surface area contributed by atoms with E-state index in [0.717, 1.165) is 17.7 Å². The summed E-state index contributed by atoms with van der Waals surface area (Å²) in [6, 6.07) is 20.8. The van der Waals surface area contributed by atoms with Crippen LogP contribution in [0.25, 0.3) is 16.6 Å². The van der Waals surface area contributed by atoms with E-state index in [1.165, 1.54) is 28.5 Å². The molecule has 0 unspecified atom stereocenters. The van der Waals surface area contributed by atoms with Gasteiger partial charge in [-0.25, -0.2) is 4.98 Å². The SMILES string of the molecule is CC(=O)Nc1ccc(-n2c([C@@H](C)N(Cc3cccnc3)C(=O)Cc3ccc(C(F)(F)F)cc3)nc3ccccc3c2=O)cc1. The van der Waals surface area contributed by atoms with Crippen LogP contribution in [0.1, 0.15) is 42.4 Å². The van der Waals surface area contributed by atoms with Gasteiger partial charge in [0.15, 0.2) is 0 Å². The van der Waals surface area contributed by atoms with E-state index in [2.05, 4.69) is 10.3 Å². The molecule has 1 atom stereocenters. The third-order valence-corrected chi connectivity index (χ3v) is 7.12. The minimum absolute atomic E-state index is 0.110. The number of anilines is 1. The lowest BCUT2D eigenvalue weighted by atomic mass is 10.1. The molecule has 44 heavy (non-hydrogen) atoms. The van der Waals surface area contributed by atoms with Gasteiger partial charge >= 0.3 is 6.18 Å². The molecule has 0 radical (unpaired) electrons. The minimum Gasteiger partial charge on any atom is -0.328 e. The van der Waals surface area contributed by atoms with Gasteiger partial charge in [0.25, 0.3) is 5.56 Å².